The van der Waals surface area contributed by atoms with Crippen molar-refractivity contribution in [1.82, 2.24) is 4.57 Å². The third kappa shape index (κ3) is 1.91. The quantitative estimate of drug-likeness (QED) is 0.848. The van der Waals surface area contributed by atoms with Crippen LogP contribution in [0, 0.1) is 0 Å². The average Bonchev–Trinajstić information content (AvgIpc) is 2.69. The number of hydrogen-bond donors (Lipinski definition) is 2. The highest BCUT2D eigenvalue weighted by Gasteiger charge is 2.24. The van der Waals surface area contributed by atoms with Gasteiger partial charge >= 0.3 is 5.97 Å². The van der Waals surface area contributed by atoms with Crippen molar-refractivity contribution >= 4 is 16.9 Å². The first-order valence-electron chi connectivity index (χ1n) is 5.47. The Hall–Kier alpha value is -1.81. The summed E-state index contributed by atoms with van der Waals surface area (Å²) in [5, 5.41) is 19.4. The molecule has 2 N–H and O–H groups in total. The number of rotatable bonds is 3. The monoisotopic (exact) mass is 233 g/mol. The van der Waals surface area contributed by atoms with E-state index >= 15 is 0 Å². The van der Waals surface area contributed by atoms with E-state index in [4.69, 9.17) is 5.11 Å². The van der Waals surface area contributed by atoms with Crippen molar-refractivity contribution in [3.05, 3.63) is 36.0 Å². The maximum atomic E-state index is 10.8. The van der Waals surface area contributed by atoms with Crippen LogP contribution in [0.5, 0.6) is 0 Å². The number of aryl methyl sites for hydroxylation is 1. The number of nitrogens with zero attached hydrogens (tertiary/aromatic N) is 1. The van der Waals surface area contributed by atoms with Gasteiger partial charge in [-0.25, -0.2) is 4.79 Å². The van der Waals surface area contributed by atoms with Crippen LogP contribution in [-0.4, -0.2) is 26.9 Å². The molecule has 4 heteroatoms. The summed E-state index contributed by atoms with van der Waals surface area (Å²) in [6, 6.07) is 7.65. The van der Waals surface area contributed by atoms with Crippen LogP contribution in [0.4, 0.5) is 0 Å². The largest absolute Gasteiger partial charge is 0.479 e. The first kappa shape index (κ1) is 11.7. The minimum atomic E-state index is -1.37. The molecule has 17 heavy (non-hydrogen) atoms. The molecule has 0 amide bonds. The van der Waals surface area contributed by atoms with Crippen LogP contribution >= 0.6 is 0 Å². The molecule has 0 saturated heterocycles. The molecule has 0 aliphatic heterocycles. The molecule has 0 aliphatic rings. The maximum Gasteiger partial charge on any atom is 0.333 e. The SMILES string of the molecule is CC(c1cccc2c1ccn2C)C(O)C(=O)O. The van der Waals surface area contributed by atoms with Gasteiger partial charge in [0, 0.05) is 30.1 Å². The van der Waals surface area contributed by atoms with Gasteiger partial charge in [-0.1, -0.05) is 19.1 Å². The second kappa shape index (κ2) is 4.22. The lowest BCUT2D eigenvalue weighted by atomic mass is 9.93. The van der Waals surface area contributed by atoms with E-state index in [0.717, 1.165) is 16.5 Å². The number of carboxylic acids is 1. The van der Waals surface area contributed by atoms with Gasteiger partial charge in [-0.15, -0.1) is 0 Å². The zero-order chi connectivity index (χ0) is 12.6. The van der Waals surface area contributed by atoms with Crippen LogP contribution < -0.4 is 0 Å². The fourth-order valence-corrected chi connectivity index (χ4v) is 2.11. The van der Waals surface area contributed by atoms with Gasteiger partial charge in [0.15, 0.2) is 6.10 Å². The highest BCUT2D eigenvalue weighted by molar-refractivity contribution is 5.85. The zero-order valence-electron chi connectivity index (χ0n) is 9.79. The predicted octanol–water partition coefficient (Wildman–Crippen LogP) is 1.73. The molecule has 2 unspecified atom stereocenters. The Labute approximate surface area is 99.1 Å². The minimum absolute atomic E-state index is 0.432. The number of hydrogen-bond acceptors (Lipinski definition) is 2. The van der Waals surface area contributed by atoms with Gasteiger partial charge in [0.1, 0.15) is 0 Å². The number of aliphatic hydroxyl groups excluding tert-OH is 1. The van der Waals surface area contributed by atoms with Crippen molar-refractivity contribution in [2.45, 2.75) is 18.9 Å². The van der Waals surface area contributed by atoms with Crippen molar-refractivity contribution in [1.29, 1.82) is 0 Å². The van der Waals surface area contributed by atoms with E-state index in [9.17, 15) is 9.90 Å². The summed E-state index contributed by atoms with van der Waals surface area (Å²) >= 11 is 0. The van der Waals surface area contributed by atoms with E-state index in [-0.39, 0.29) is 0 Å². The van der Waals surface area contributed by atoms with E-state index in [1.807, 2.05) is 42.1 Å². The van der Waals surface area contributed by atoms with Crippen LogP contribution in [0.15, 0.2) is 30.5 Å². The van der Waals surface area contributed by atoms with Crippen molar-refractivity contribution < 1.29 is 15.0 Å². The lowest BCUT2D eigenvalue weighted by Crippen LogP contribution is -2.25. The molecule has 1 heterocycles. The van der Waals surface area contributed by atoms with E-state index in [1.54, 1.807) is 6.92 Å². The Kier molecular flexibility index (Phi) is 2.90. The first-order chi connectivity index (χ1) is 8.02. The fourth-order valence-electron chi connectivity index (χ4n) is 2.11. The molecule has 0 radical (unpaired) electrons. The van der Waals surface area contributed by atoms with Crippen LogP contribution in [0.3, 0.4) is 0 Å². The third-order valence-electron chi connectivity index (χ3n) is 3.18. The number of carbonyl (C=O) groups is 1. The summed E-state index contributed by atoms with van der Waals surface area (Å²) < 4.78 is 1.97. The second-order valence-corrected chi connectivity index (χ2v) is 4.28. The molecule has 2 aromatic rings. The number of aromatic nitrogens is 1. The molecule has 0 spiro atoms. The molecule has 2 atom stereocenters. The maximum absolute atomic E-state index is 10.8. The first-order valence-corrected chi connectivity index (χ1v) is 5.47. The topological polar surface area (TPSA) is 62.5 Å². The number of benzene rings is 1. The Morgan fingerprint density at radius 2 is 2.06 bits per heavy atom. The highest BCUT2D eigenvalue weighted by Crippen LogP contribution is 2.28. The average molecular weight is 233 g/mol. The Morgan fingerprint density at radius 1 is 1.35 bits per heavy atom. The third-order valence-corrected chi connectivity index (χ3v) is 3.18. The normalized spacial score (nSPS) is 14.8. The number of carboxylic acid groups (broad SMARTS) is 1. The minimum Gasteiger partial charge on any atom is -0.479 e. The van der Waals surface area contributed by atoms with Gasteiger partial charge in [-0.3, -0.25) is 0 Å². The number of fused-ring (bicyclic) bond motifs is 1. The standard InChI is InChI=1S/C13H15NO3/c1-8(12(15)13(16)17)9-4-3-5-11-10(9)6-7-14(11)2/h3-8,12,15H,1-2H3,(H,16,17). The molecule has 1 aromatic carbocycles. The summed E-state index contributed by atoms with van der Waals surface area (Å²) in [7, 11) is 1.93. The van der Waals surface area contributed by atoms with Gasteiger partial charge in [-0.05, 0) is 17.7 Å². The van der Waals surface area contributed by atoms with E-state index in [0.29, 0.717) is 0 Å². The van der Waals surface area contributed by atoms with Gasteiger partial charge in [0.05, 0.1) is 0 Å². The molecular weight excluding hydrogens is 218 g/mol. The van der Waals surface area contributed by atoms with Crippen LogP contribution in [0.25, 0.3) is 10.9 Å². The number of aliphatic hydroxyl groups is 1. The van der Waals surface area contributed by atoms with Crippen LogP contribution in [-0.2, 0) is 11.8 Å². The number of aliphatic carboxylic acids is 1. The Balaban J connectivity index is 2.52. The Bertz CT molecular complexity index is 559. The summed E-state index contributed by atoms with van der Waals surface area (Å²) in [6.45, 7) is 1.72. The van der Waals surface area contributed by atoms with Crippen molar-refractivity contribution in [2.75, 3.05) is 0 Å². The molecule has 2 rings (SSSR count). The van der Waals surface area contributed by atoms with Gasteiger partial charge in [0.2, 0.25) is 0 Å². The summed E-state index contributed by atoms with van der Waals surface area (Å²) in [5.41, 5.74) is 1.89. The van der Waals surface area contributed by atoms with Crippen LogP contribution in [0.1, 0.15) is 18.4 Å². The van der Waals surface area contributed by atoms with Gasteiger partial charge < -0.3 is 14.8 Å². The molecule has 0 fully saturated rings. The lowest BCUT2D eigenvalue weighted by molar-refractivity contribution is -0.147. The van der Waals surface area contributed by atoms with Crippen molar-refractivity contribution in [3.8, 4) is 0 Å². The zero-order valence-corrected chi connectivity index (χ0v) is 9.79. The van der Waals surface area contributed by atoms with Crippen LogP contribution in [0.2, 0.25) is 0 Å². The Morgan fingerprint density at radius 3 is 2.71 bits per heavy atom. The predicted molar refractivity (Wildman–Crippen MR) is 65.0 cm³/mol. The molecule has 1 aromatic heterocycles. The van der Waals surface area contributed by atoms with E-state index < -0.39 is 18.0 Å². The molecule has 4 nitrogen and oxygen atoms in total. The highest BCUT2D eigenvalue weighted by atomic mass is 16.4. The summed E-state index contributed by atoms with van der Waals surface area (Å²) in [5.74, 6) is -1.62. The van der Waals surface area contributed by atoms with E-state index in [1.165, 1.54) is 0 Å². The summed E-state index contributed by atoms with van der Waals surface area (Å²) in [4.78, 5) is 10.8. The van der Waals surface area contributed by atoms with Crippen molar-refractivity contribution in [3.63, 3.8) is 0 Å². The molecule has 0 aliphatic carbocycles. The molecule has 90 valence electrons. The fraction of sp³-hybridized carbons (Fsp3) is 0.308. The lowest BCUT2D eigenvalue weighted by Gasteiger charge is -2.16. The summed E-state index contributed by atoms with van der Waals surface area (Å²) in [6.07, 6.45) is 0.550. The second-order valence-electron chi connectivity index (χ2n) is 4.28. The van der Waals surface area contributed by atoms with E-state index in [2.05, 4.69) is 0 Å². The van der Waals surface area contributed by atoms with Crippen molar-refractivity contribution in [2.24, 2.45) is 7.05 Å². The van der Waals surface area contributed by atoms with Gasteiger partial charge in [0.25, 0.3) is 0 Å². The molecular formula is C13H15NO3. The molecule has 0 bridgehead atoms. The van der Waals surface area contributed by atoms with Gasteiger partial charge in [-0.2, -0.15) is 0 Å². The smallest absolute Gasteiger partial charge is 0.333 e. The molecule has 0 saturated carbocycles.